The van der Waals surface area contributed by atoms with Gasteiger partial charge in [0.1, 0.15) is 0 Å². The van der Waals surface area contributed by atoms with Gasteiger partial charge in [-0.3, -0.25) is 0 Å². The second-order valence-electron chi connectivity index (χ2n) is 7.12. The molecular formula is C22H37N. The van der Waals surface area contributed by atoms with Crippen LogP contribution in [0.5, 0.6) is 0 Å². The Hall–Kier alpha value is -1.24. The fourth-order valence-electron chi connectivity index (χ4n) is 3.21. The van der Waals surface area contributed by atoms with Crippen LogP contribution in [0.4, 0.5) is 0 Å². The Kier molecular flexibility index (Phi) is 9.06. The Morgan fingerprint density at radius 3 is 2.30 bits per heavy atom. The normalized spacial score (nSPS) is 17.1. The fraction of sp³-hybridized carbons (Fsp3) is 0.636. The van der Waals surface area contributed by atoms with Crippen LogP contribution in [0.15, 0.2) is 46.7 Å². The maximum Gasteiger partial charge on any atom is 0.0342 e. The van der Waals surface area contributed by atoms with E-state index in [4.69, 9.17) is 0 Å². The molecule has 0 aromatic carbocycles. The second-order valence-corrected chi connectivity index (χ2v) is 7.12. The molecular weight excluding hydrogens is 278 g/mol. The maximum absolute atomic E-state index is 4.36. The summed E-state index contributed by atoms with van der Waals surface area (Å²) in [5.41, 5.74) is 6.59. The summed E-state index contributed by atoms with van der Waals surface area (Å²) in [5, 5.41) is 3.70. The highest BCUT2D eigenvalue weighted by atomic mass is 14.9. The number of allylic oxidation sites excluding steroid dienone is 5. The predicted octanol–water partition coefficient (Wildman–Crippen LogP) is 6.84. The van der Waals surface area contributed by atoms with Crippen molar-refractivity contribution in [3.8, 4) is 0 Å². The molecule has 0 spiro atoms. The molecule has 0 heterocycles. The molecule has 1 N–H and O–H groups in total. The summed E-state index contributed by atoms with van der Waals surface area (Å²) in [6, 6.07) is 0.612. The molecule has 1 aliphatic carbocycles. The van der Waals surface area contributed by atoms with Gasteiger partial charge in [0, 0.05) is 11.7 Å². The number of nitrogens with one attached hydrogen (secondary N) is 1. The van der Waals surface area contributed by atoms with Gasteiger partial charge < -0.3 is 5.32 Å². The third-order valence-corrected chi connectivity index (χ3v) is 4.91. The molecule has 0 aromatic heterocycles. The van der Waals surface area contributed by atoms with Crippen molar-refractivity contribution in [3.05, 3.63) is 46.7 Å². The van der Waals surface area contributed by atoms with Gasteiger partial charge in [0.2, 0.25) is 0 Å². The summed E-state index contributed by atoms with van der Waals surface area (Å²) in [4.78, 5) is 0. The summed E-state index contributed by atoms with van der Waals surface area (Å²) in [7, 11) is 0. The summed E-state index contributed by atoms with van der Waals surface area (Å²) in [6.07, 6.45) is 14.9. The van der Waals surface area contributed by atoms with E-state index in [1.165, 1.54) is 67.2 Å². The van der Waals surface area contributed by atoms with E-state index < -0.39 is 0 Å². The Morgan fingerprint density at radius 1 is 1.13 bits per heavy atom. The van der Waals surface area contributed by atoms with E-state index in [1.54, 1.807) is 0 Å². The van der Waals surface area contributed by atoms with Crippen molar-refractivity contribution in [2.45, 2.75) is 92.0 Å². The minimum Gasteiger partial charge on any atom is -0.382 e. The molecule has 0 radical (unpaired) electrons. The van der Waals surface area contributed by atoms with Gasteiger partial charge >= 0.3 is 0 Å². The molecule has 0 amide bonds. The molecule has 0 bridgehead atoms. The minimum absolute atomic E-state index is 0.612. The van der Waals surface area contributed by atoms with E-state index in [0.717, 1.165) is 12.1 Å². The van der Waals surface area contributed by atoms with Crippen LogP contribution < -0.4 is 5.32 Å². The molecule has 0 aromatic rings. The fourth-order valence-corrected chi connectivity index (χ4v) is 3.21. The summed E-state index contributed by atoms with van der Waals surface area (Å²) in [6.45, 7) is 15.4. The van der Waals surface area contributed by atoms with Crippen LogP contribution in [0.3, 0.4) is 0 Å². The third kappa shape index (κ3) is 6.81. The lowest BCUT2D eigenvalue weighted by atomic mass is 9.93. The highest BCUT2D eigenvalue weighted by Gasteiger charge is 2.15. The predicted molar refractivity (Wildman–Crippen MR) is 105 cm³/mol. The molecule has 1 heteroatoms. The first-order valence-corrected chi connectivity index (χ1v) is 9.46. The smallest absolute Gasteiger partial charge is 0.0342 e. The Balaban J connectivity index is 2.92. The van der Waals surface area contributed by atoms with E-state index >= 15 is 0 Å². The summed E-state index contributed by atoms with van der Waals surface area (Å²) < 4.78 is 0. The van der Waals surface area contributed by atoms with Gasteiger partial charge in [-0.2, -0.15) is 0 Å². The molecule has 23 heavy (non-hydrogen) atoms. The Bertz CT molecular complexity index is 466. The van der Waals surface area contributed by atoms with Gasteiger partial charge in [-0.1, -0.05) is 56.4 Å². The number of hydrogen-bond acceptors (Lipinski definition) is 1. The SMILES string of the molecule is C=C(NC1CCCCC1)C(/C=C(CCCC)/C(C)=C/C)=C(C)C. The van der Waals surface area contributed by atoms with Crippen molar-refractivity contribution in [1.82, 2.24) is 5.32 Å². The van der Waals surface area contributed by atoms with Crippen molar-refractivity contribution in [2.75, 3.05) is 0 Å². The molecule has 0 aliphatic heterocycles. The highest BCUT2D eigenvalue weighted by molar-refractivity contribution is 5.46. The van der Waals surface area contributed by atoms with E-state index in [0.29, 0.717) is 6.04 Å². The van der Waals surface area contributed by atoms with Crippen molar-refractivity contribution >= 4 is 0 Å². The molecule has 130 valence electrons. The van der Waals surface area contributed by atoms with Crippen molar-refractivity contribution < 1.29 is 0 Å². The average Bonchev–Trinajstić information content (AvgIpc) is 2.54. The van der Waals surface area contributed by atoms with Crippen LogP contribution in [-0.2, 0) is 0 Å². The van der Waals surface area contributed by atoms with Crippen LogP contribution in [0.1, 0.15) is 86.0 Å². The minimum atomic E-state index is 0.612. The lowest BCUT2D eigenvalue weighted by molar-refractivity contribution is 0.398. The monoisotopic (exact) mass is 315 g/mol. The molecule has 0 unspecified atom stereocenters. The van der Waals surface area contributed by atoms with Gasteiger partial charge in [-0.05, 0) is 70.6 Å². The first kappa shape index (κ1) is 19.8. The standard InChI is InChI=1S/C22H37N/c1-7-9-13-20(18(5)8-2)16-22(17(3)4)19(6)23-21-14-11-10-12-15-21/h8,16,21,23H,6-7,9-15H2,1-5H3/b18-8+,20-16+. The van der Waals surface area contributed by atoms with Crippen molar-refractivity contribution in [2.24, 2.45) is 0 Å². The quantitative estimate of drug-likeness (QED) is 0.483. The summed E-state index contributed by atoms with van der Waals surface area (Å²) >= 11 is 0. The number of rotatable bonds is 8. The van der Waals surface area contributed by atoms with Crippen molar-refractivity contribution in [3.63, 3.8) is 0 Å². The molecule has 0 saturated heterocycles. The highest BCUT2D eigenvalue weighted by Crippen LogP contribution is 2.25. The zero-order valence-electron chi connectivity index (χ0n) is 16.1. The van der Waals surface area contributed by atoms with Gasteiger partial charge in [-0.15, -0.1) is 0 Å². The molecule has 1 fully saturated rings. The van der Waals surface area contributed by atoms with Gasteiger partial charge in [0.25, 0.3) is 0 Å². The first-order valence-electron chi connectivity index (χ1n) is 9.46. The Labute approximate surface area is 144 Å². The van der Waals surface area contributed by atoms with Crippen LogP contribution in [0.2, 0.25) is 0 Å². The van der Waals surface area contributed by atoms with Gasteiger partial charge in [0.15, 0.2) is 0 Å². The summed E-state index contributed by atoms with van der Waals surface area (Å²) in [5.74, 6) is 0. The lowest BCUT2D eigenvalue weighted by Crippen LogP contribution is -2.30. The van der Waals surface area contributed by atoms with E-state index in [-0.39, 0.29) is 0 Å². The third-order valence-electron chi connectivity index (χ3n) is 4.91. The van der Waals surface area contributed by atoms with Crippen LogP contribution >= 0.6 is 0 Å². The molecule has 1 saturated carbocycles. The molecule has 1 nitrogen and oxygen atoms in total. The zero-order valence-corrected chi connectivity index (χ0v) is 16.1. The number of hydrogen-bond donors (Lipinski definition) is 1. The molecule has 0 atom stereocenters. The maximum atomic E-state index is 4.36. The second kappa shape index (κ2) is 10.5. The van der Waals surface area contributed by atoms with Crippen LogP contribution in [0.25, 0.3) is 0 Å². The van der Waals surface area contributed by atoms with Crippen molar-refractivity contribution in [1.29, 1.82) is 0 Å². The largest absolute Gasteiger partial charge is 0.382 e. The van der Waals surface area contributed by atoms with Crippen LogP contribution in [0, 0.1) is 0 Å². The topological polar surface area (TPSA) is 12.0 Å². The average molecular weight is 316 g/mol. The zero-order chi connectivity index (χ0) is 17.2. The van der Waals surface area contributed by atoms with Gasteiger partial charge in [0.05, 0.1) is 0 Å². The number of unbranched alkanes of at least 4 members (excludes halogenated alkanes) is 1. The Morgan fingerprint density at radius 2 is 1.78 bits per heavy atom. The lowest BCUT2D eigenvalue weighted by Gasteiger charge is -2.26. The van der Waals surface area contributed by atoms with E-state index in [9.17, 15) is 0 Å². The first-order chi connectivity index (χ1) is 11.0. The van der Waals surface area contributed by atoms with E-state index in [1.807, 2.05) is 0 Å². The van der Waals surface area contributed by atoms with Gasteiger partial charge in [-0.25, -0.2) is 0 Å². The van der Waals surface area contributed by atoms with E-state index in [2.05, 4.69) is 58.7 Å². The van der Waals surface area contributed by atoms with Crippen LogP contribution in [-0.4, -0.2) is 6.04 Å². The molecule has 1 aliphatic rings. The molecule has 1 rings (SSSR count).